The van der Waals surface area contributed by atoms with Crippen LogP contribution in [0.25, 0.3) is 33.7 Å². The summed E-state index contributed by atoms with van der Waals surface area (Å²) < 4.78 is 0. The fourth-order valence-corrected chi connectivity index (χ4v) is 4.08. The molecule has 2 aliphatic carbocycles. The molecule has 4 nitrogen and oxygen atoms in total. The van der Waals surface area contributed by atoms with Crippen molar-refractivity contribution in [2.45, 2.75) is 24.4 Å². The first-order valence-electron chi connectivity index (χ1n) is 8.66. The van der Waals surface area contributed by atoms with Crippen LogP contribution < -0.4 is 0 Å². The van der Waals surface area contributed by atoms with E-state index in [1.54, 1.807) is 12.2 Å². The summed E-state index contributed by atoms with van der Waals surface area (Å²) in [7, 11) is 0. The number of hydrogen-bond donors (Lipinski definition) is 4. The number of aliphatic hydroxyl groups is 4. The second-order valence-corrected chi connectivity index (χ2v) is 7.02. The molecule has 4 heteroatoms. The van der Waals surface area contributed by atoms with Crippen molar-refractivity contribution in [3.63, 3.8) is 0 Å². The zero-order valence-corrected chi connectivity index (χ0v) is 13.9. The molecule has 0 bridgehead atoms. The first-order chi connectivity index (χ1) is 12.5. The third-order valence-electron chi connectivity index (χ3n) is 5.51. The summed E-state index contributed by atoms with van der Waals surface area (Å²) in [5, 5.41) is 44.3. The summed E-state index contributed by atoms with van der Waals surface area (Å²) in [6.07, 6.45) is 3.35. The van der Waals surface area contributed by atoms with Gasteiger partial charge < -0.3 is 20.4 Å². The van der Waals surface area contributed by atoms with Crippen LogP contribution in [0.1, 0.15) is 34.5 Å². The lowest BCUT2D eigenvalue weighted by Crippen LogP contribution is -2.19. The van der Waals surface area contributed by atoms with Gasteiger partial charge in [-0.1, -0.05) is 48.6 Å². The van der Waals surface area contributed by atoms with Crippen LogP contribution in [0.4, 0.5) is 0 Å². The Bertz CT molecular complexity index is 1020. The van der Waals surface area contributed by atoms with Crippen molar-refractivity contribution < 1.29 is 20.4 Å². The minimum atomic E-state index is -0.918. The summed E-state index contributed by atoms with van der Waals surface area (Å²) in [5.41, 5.74) is 3.29. The molecule has 0 amide bonds. The summed E-state index contributed by atoms with van der Waals surface area (Å²) in [4.78, 5) is 0. The van der Waals surface area contributed by atoms with Gasteiger partial charge in [0.1, 0.15) is 24.4 Å². The van der Waals surface area contributed by atoms with E-state index < -0.39 is 24.4 Å². The van der Waals surface area contributed by atoms with E-state index in [2.05, 4.69) is 12.1 Å². The van der Waals surface area contributed by atoms with Gasteiger partial charge in [-0.2, -0.15) is 0 Å². The molecule has 3 aromatic carbocycles. The van der Waals surface area contributed by atoms with Gasteiger partial charge in [-0.15, -0.1) is 0 Å². The van der Waals surface area contributed by atoms with Crippen molar-refractivity contribution >= 4 is 33.7 Å². The Morgan fingerprint density at radius 2 is 1.00 bits per heavy atom. The Hall–Kier alpha value is -2.50. The molecule has 130 valence electrons. The van der Waals surface area contributed by atoms with Crippen LogP contribution in [0, 0.1) is 0 Å². The lowest BCUT2D eigenvalue weighted by Gasteiger charge is -2.24. The molecule has 0 aromatic heterocycles. The summed E-state index contributed by atoms with van der Waals surface area (Å²) in [6, 6.07) is 11.7. The monoisotopic (exact) mass is 346 g/mol. The van der Waals surface area contributed by atoms with Crippen molar-refractivity contribution in [3.05, 3.63) is 70.8 Å². The molecule has 0 saturated carbocycles. The van der Waals surface area contributed by atoms with Gasteiger partial charge in [0.05, 0.1) is 0 Å². The maximum Gasteiger partial charge on any atom is 0.109 e. The summed E-state index contributed by atoms with van der Waals surface area (Å²) in [6.45, 7) is 0. The molecule has 26 heavy (non-hydrogen) atoms. The Morgan fingerprint density at radius 3 is 1.42 bits per heavy atom. The molecule has 0 radical (unpaired) electrons. The van der Waals surface area contributed by atoms with E-state index in [1.807, 2.05) is 36.4 Å². The Balaban J connectivity index is 1.81. The van der Waals surface area contributed by atoms with Crippen molar-refractivity contribution in [3.8, 4) is 0 Å². The first kappa shape index (κ1) is 15.7. The molecule has 3 aromatic rings. The standard InChI is InChI=1S/C22H18O4/c23-19-7-5-13-15(21(19)25)3-1-11-9-18-12(10-17(11)13)2-4-16-14(18)6-8-20(24)22(16)26/h1-10,19-26H/t19-,20-,21-,22+/m0/s1. The van der Waals surface area contributed by atoms with Crippen molar-refractivity contribution in [1.29, 1.82) is 0 Å². The largest absolute Gasteiger partial charge is 0.386 e. The van der Waals surface area contributed by atoms with Crippen LogP contribution in [0.15, 0.2) is 48.6 Å². The van der Waals surface area contributed by atoms with Crippen LogP contribution in [-0.2, 0) is 0 Å². The second-order valence-electron chi connectivity index (χ2n) is 7.02. The van der Waals surface area contributed by atoms with Crippen LogP contribution in [-0.4, -0.2) is 32.6 Å². The van der Waals surface area contributed by atoms with E-state index in [0.717, 1.165) is 43.8 Å². The third kappa shape index (κ3) is 2.11. The van der Waals surface area contributed by atoms with Gasteiger partial charge in [-0.25, -0.2) is 0 Å². The highest BCUT2D eigenvalue weighted by molar-refractivity contribution is 6.05. The second kappa shape index (κ2) is 5.50. The number of rotatable bonds is 0. The Kier molecular flexibility index (Phi) is 3.33. The predicted octanol–water partition coefficient (Wildman–Crippen LogP) is 2.84. The minimum Gasteiger partial charge on any atom is -0.386 e. The van der Waals surface area contributed by atoms with Crippen LogP contribution in [0.2, 0.25) is 0 Å². The summed E-state index contributed by atoms with van der Waals surface area (Å²) in [5.74, 6) is 0. The number of hydrogen-bond acceptors (Lipinski definition) is 4. The highest BCUT2D eigenvalue weighted by Crippen LogP contribution is 2.38. The molecule has 0 aliphatic heterocycles. The van der Waals surface area contributed by atoms with E-state index in [9.17, 15) is 20.4 Å². The van der Waals surface area contributed by atoms with E-state index in [4.69, 9.17) is 0 Å². The zero-order chi connectivity index (χ0) is 18.0. The van der Waals surface area contributed by atoms with Crippen molar-refractivity contribution in [1.82, 2.24) is 0 Å². The average Bonchev–Trinajstić information content (AvgIpc) is 2.65. The minimum absolute atomic E-state index is 0.725. The molecule has 0 spiro atoms. The maximum absolute atomic E-state index is 10.3. The average molecular weight is 346 g/mol. The lowest BCUT2D eigenvalue weighted by molar-refractivity contribution is 0.0471. The lowest BCUT2D eigenvalue weighted by atomic mass is 9.85. The highest BCUT2D eigenvalue weighted by Gasteiger charge is 2.25. The Labute approximate surface area is 150 Å². The van der Waals surface area contributed by atoms with Crippen LogP contribution in [0.5, 0.6) is 0 Å². The fourth-order valence-electron chi connectivity index (χ4n) is 4.08. The molecular weight excluding hydrogens is 328 g/mol. The normalized spacial score (nSPS) is 26.9. The van der Waals surface area contributed by atoms with E-state index in [0.29, 0.717) is 0 Å². The topological polar surface area (TPSA) is 80.9 Å². The van der Waals surface area contributed by atoms with E-state index in [1.165, 1.54) is 0 Å². The molecule has 4 atom stereocenters. The van der Waals surface area contributed by atoms with Gasteiger partial charge in [0, 0.05) is 0 Å². The molecular formula is C22H18O4. The van der Waals surface area contributed by atoms with E-state index in [-0.39, 0.29) is 0 Å². The summed E-state index contributed by atoms with van der Waals surface area (Å²) >= 11 is 0. The predicted molar refractivity (Wildman–Crippen MR) is 101 cm³/mol. The van der Waals surface area contributed by atoms with Crippen LogP contribution in [0.3, 0.4) is 0 Å². The number of fused-ring (bicyclic) bond motifs is 6. The first-order valence-corrected chi connectivity index (χ1v) is 8.66. The molecule has 5 rings (SSSR count). The smallest absolute Gasteiger partial charge is 0.109 e. The molecule has 4 N–H and O–H groups in total. The van der Waals surface area contributed by atoms with E-state index >= 15 is 0 Å². The highest BCUT2D eigenvalue weighted by atomic mass is 16.3. The molecule has 0 heterocycles. The van der Waals surface area contributed by atoms with Gasteiger partial charge in [-0.3, -0.25) is 0 Å². The third-order valence-corrected chi connectivity index (χ3v) is 5.51. The van der Waals surface area contributed by atoms with Crippen molar-refractivity contribution in [2.24, 2.45) is 0 Å². The quantitative estimate of drug-likeness (QED) is 0.472. The number of aliphatic hydroxyl groups excluding tert-OH is 4. The van der Waals surface area contributed by atoms with Crippen LogP contribution >= 0.6 is 0 Å². The molecule has 0 saturated heterocycles. The van der Waals surface area contributed by atoms with Gasteiger partial charge in [-0.05, 0) is 55.9 Å². The van der Waals surface area contributed by atoms with Crippen molar-refractivity contribution in [2.75, 3.05) is 0 Å². The molecule has 0 fully saturated rings. The number of benzene rings is 3. The Morgan fingerprint density at radius 1 is 0.577 bits per heavy atom. The fraction of sp³-hybridized carbons (Fsp3) is 0.182. The van der Waals surface area contributed by atoms with Gasteiger partial charge >= 0.3 is 0 Å². The SMILES string of the molecule is O[C@@H]1c2ccc3cc4c5c(ccc4cc3c2C=C[C@@H]1O)[C@H](O)[C@@H](O)C=C5. The van der Waals surface area contributed by atoms with Gasteiger partial charge in [0.15, 0.2) is 0 Å². The maximum atomic E-state index is 10.3. The van der Waals surface area contributed by atoms with Gasteiger partial charge in [0.25, 0.3) is 0 Å². The van der Waals surface area contributed by atoms with Gasteiger partial charge in [0.2, 0.25) is 0 Å². The zero-order valence-electron chi connectivity index (χ0n) is 13.9. The molecule has 0 unspecified atom stereocenters. The molecule has 2 aliphatic rings.